The Bertz CT molecular complexity index is 464. The largest absolute Gasteiger partial charge is 0.350 e. The molecule has 5 heteroatoms. The molecule has 0 spiro atoms. The maximum atomic E-state index is 13.4. The fourth-order valence-corrected chi connectivity index (χ4v) is 2.69. The van der Waals surface area contributed by atoms with E-state index in [1.165, 1.54) is 6.07 Å². The Morgan fingerprint density at radius 2 is 2.30 bits per heavy atom. The van der Waals surface area contributed by atoms with E-state index in [1.807, 2.05) is 25.1 Å². The van der Waals surface area contributed by atoms with Gasteiger partial charge in [0.15, 0.2) is 0 Å². The third-order valence-corrected chi connectivity index (χ3v) is 3.57. The van der Waals surface area contributed by atoms with Gasteiger partial charge in [0.25, 0.3) is 0 Å². The van der Waals surface area contributed by atoms with Crippen LogP contribution < -0.4 is 10.6 Å². The number of carbonyl (C=O) groups excluding carboxylic acids is 1. The van der Waals surface area contributed by atoms with Crippen molar-refractivity contribution in [3.8, 4) is 0 Å². The van der Waals surface area contributed by atoms with Gasteiger partial charge in [-0.15, -0.1) is 0 Å². The Morgan fingerprint density at radius 3 is 3.00 bits per heavy atom. The van der Waals surface area contributed by atoms with Crippen LogP contribution in [0.1, 0.15) is 17.9 Å². The van der Waals surface area contributed by atoms with Crippen LogP contribution in [0.15, 0.2) is 24.3 Å². The normalized spacial score (nSPS) is 22.8. The monoisotopic (exact) mass is 279 g/mol. The molecule has 2 unspecified atom stereocenters. The molecule has 1 aliphatic heterocycles. The number of carbonyl (C=O) groups is 1. The van der Waals surface area contributed by atoms with Crippen LogP contribution in [-0.2, 0) is 4.79 Å². The number of hydrogen-bond acceptors (Lipinski definition) is 3. The molecule has 2 rings (SSSR count). The van der Waals surface area contributed by atoms with E-state index in [2.05, 4.69) is 10.6 Å². The van der Waals surface area contributed by atoms with Crippen LogP contribution in [0, 0.1) is 5.82 Å². The zero-order valence-corrected chi connectivity index (χ0v) is 12.0. The summed E-state index contributed by atoms with van der Waals surface area (Å²) in [6, 6.07) is 6.69. The summed E-state index contributed by atoms with van der Waals surface area (Å²) < 4.78 is 13.4. The molecule has 0 aliphatic carbocycles. The summed E-state index contributed by atoms with van der Waals surface area (Å²) in [5.41, 5.74) is 0.960. The summed E-state index contributed by atoms with van der Waals surface area (Å²) in [6.45, 7) is 1.98. The van der Waals surface area contributed by atoms with Gasteiger partial charge in [0.05, 0.1) is 6.54 Å². The summed E-state index contributed by atoms with van der Waals surface area (Å²) in [5, 5.41) is 6.34. The lowest BCUT2D eigenvalue weighted by Gasteiger charge is -2.33. The van der Waals surface area contributed by atoms with E-state index in [0.717, 1.165) is 25.1 Å². The first-order valence-corrected chi connectivity index (χ1v) is 6.96. The van der Waals surface area contributed by atoms with Gasteiger partial charge in [0, 0.05) is 18.5 Å². The average Bonchev–Trinajstić information content (AvgIpc) is 2.38. The molecule has 1 amide bonds. The first-order valence-electron chi connectivity index (χ1n) is 6.96. The van der Waals surface area contributed by atoms with Crippen LogP contribution in [-0.4, -0.2) is 50.6 Å². The van der Waals surface area contributed by atoms with Crippen LogP contribution in [0.25, 0.3) is 0 Å². The Balaban J connectivity index is 2.07. The second-order valence-electron chi connectivity index (χ2n) is 5.57. The molecule has 0 saturated carbocycles. The van der Waals surface area contributed by atoms with Gasteiger partial charge in [-0.3, -0.25) is 4.79 Å². The molecule has 20 heavy (non-hydrogen) atoms. The SMILES string of the molecule is CN(C)CC(=O)NC1CNCCC1c1cccc(F)c1. The molecule has 1 saturated heterocycles. The van der Waals surface area contributed by atoms with E-state index in [1.54, 1.807) is 12.1 Å². The lowest BCUT2D eigenvalue weighted by molar-refractivity contribution is -0.122. The Kier molecular flexibility index (Phi) is 5.09. The van der Waals surface area contributed by atoms with Crippen LogP contribution in [0.2, 0.25) is 0 Å². The first kappa shape index (κ1) is 14.9. The fourth-order valence-electron chi connectivity index (χ4n) is 2.69. The second-order valence-corrected chi connectivity index (χ2v) is 5.57. The van der Waals surface area contributed by atoms with Gasteiger partial charge >= 0.3 is 0 Å². The summed E-state index contributed by atoms with van der Waals surface area (Å²) in [5.74, 6) is -0.0532. The molecule has 0 bridgehead atoms. The van der Waals surface area contributed by atoms with Crippen molar-refractivity contribution in [2.75, 3.05) is 33.7 Å². The van der Waals surface area contributed by atoms with Crippen LogP contribution in [0.3, 0.4) is 0 Å². The quantitative estimate of drug-likeness (QED) is 0.862. The maximum Gasteiger partial charge on any atom is 0.234 e. The molecular weight excluding hydrogens is 257 g/mol. The zero-order chi connectivity index (χ0) is 14.5. The molecule has 0 radical (unpaired) electrons. The molecular formula is C15H22FN3O. The van der Waals surface area contributed by atoms with Crippen molar-refractivity contribution in [1.82, 2.24) is 15.5 Å². The Hall–Kier alpha value is -1.46. The van der Waals surface area contributed by atoms with Gasteiger partial charge in [-0.05, 0) is 44.8 Å². The molecule has 1 aromatic rings. The third-order valence-electron chi connectivity index (χ3n) is 3.57. The number of rotatable bonds is 4. The van der Waals surface area contributed by atoms with Crippen molar-refractivity contribution in [3.05, 3.63) is 35.6 Å². The van der Waals surface area contributed by atoms with Crippen molar-refractivity contribution in [2.45, 2.75) is 18.4 Å². The molecule has 0 aromatic heterocycles. The standard InChI is InChI=1S/C15H22FN3O/c1-19(2)10-15(20)18-14-9-17-7-6-13(14)11-4-3-5-12(16)8-11/h3-5,8,13-14,17H,6-7,9-10H2,1-2H3,(H,18,20). The summed E-state index contributed by atoms with van der Waals surface area (Å²) in [4.78, 5) is 13.7. The zero-order valence-electron chi connectivity index (χ0n) is 12.0. The number of piperidine rings is 1. The molecule has 1 fully saturated rings. The highest BCUT2D eigenvalue weighted by atomic mass is 19.1. The van der Waals surface area contributed by atoms with Crippen LogP contribution in [0.5, 0.6) is 0 Å². The highest BCUT2D eigenvalue weighted by molar-refractivity contribution is 5.78. The average molecular weight is 279 g/mol. The number of benzene rings is 1. The minimum atomic E-state index is -0.223. The summed E-state index contributed by atoms with van der Waals surface area (Å²) >= 11 is 0. The van der Waals surface area contributed by atoms with Gasteiger partial charge < -0.3 is 15.5 Å². The van der Waals surface area contributed by atoms with Crippen molar-refractivity contribution in [1.29, 1.82) is 0 Å². The topological polar surface area (TPSA) is 44.4 Å². The maximum absolute atomic E-state index is 13.4. The summed E-state index contributed by atoms with van der Waals surface area (Å²) in [6.07, 6.45) is 0.899. The molecule has 1 heterocycles. The minimum absolute atomic E-state index is 0.00473. The smallest absolute Gasteiger partial charge is 0.234 e. The van der Waals surface area contributed by atoms with Crippen LogP contribution >= 0.6 is 0 Å². The lowest BCUT2D eigenvalue weighted by Crippen LogP contribution is -2.51. The van der Waals surface area contributed by atoms with Crippen molar-refractivity contribution in [2.24, 2.45) is 0 Å². The highest BCUT2D eigenvalue weighted by Gasteiger charge is 2.27. The predicted octanol–water partition coefficient (Wildman–Crippen LogP) is 0.949. The lowest BCUT2D eigenvalue weighted by atomic mass is 9.86. The highest BCUT2D eigenvalue weighted by Crippen LogP contribution is 2.26. The van der Waals surface area contributed by atoms with Crippen LogP contribution in [0.4, 0.5) is 4.39 Å². The Labute approximate surface area is 119 Å². The van der Waals surface area contributed by atoms with Gasteiger partial charge in [-0.1, -0.05) is 12.1 Å². The molecule has 1 aromatic carbocycles. The molecule has 4 nitrogen and oxygen atoms in total. The van der Waals surface area contributed by atoms with Gasteiger partial charge in [0.1, 0.15) is 5.82 Å². The molecule has 2 N–H and O–H groups in total. The van der Waals surface area contributed by atoms with Crippen molar-refractivity contribution < 1.29 is 9.18 Å². The molecule has 2 atom stereocenters. The number of amides is 1. The molecule has 1 aliphatic rings. The van der Waals surface area contributed by atoms with Gasteiger partial charge in [-0.2, -0.15) is 0 Å². The Morgan fingerprint density at radius 1 is 1.50 bits per heavy atom. The minimum Gasteiger partial charge on any atom is -0.350 e. The number of likely N-dealkylation sites (N-methyl/N-ethyl adjacent to an activating group) is 1. The third kappa shape index (κ3) is 4.02. The van der Waals surface area contributed by atoms with E-state index < -0.39 is 0 Å². The van der Waals surface area contributed by atoms with Gasteiger partial charge in [-0.25, -0.2) is 4.39 Å². The number of nitrogens with zero attached hydrogens (tertiary/aromatic N) is 1. The van der Waals surface area contributed by atoms with E-state index in [0.29, 0.717) is 6.54 Å². The molecule has 110 valence electrons. The fraction of sp³-hybridized carbons (Fsp3) is 0.533. The number of nitrogens with one attached hydrogen (secondary N) is 2. The number of halogens is 1. The van der Waals surface area contributed by atoms with E-state index in [9.17, 15) is 9.18 Å². The van der Waals surface area contributed by atoms with Gasteiger partial charge in [0.2, 0.25) is 5.91 Å². The predicted molar refractivity (Wildman–Crippen MR) is 77.1 cm³/mol. The van der Waals surface area contributed by atoms with E-state index in [-0.39, 0.29) is 23.7 Å². The first-order chi connectivity index (χ1) is 9.56. The summed E-state index contributed by atoms with van der Waals surface area (Å²) in [7, 11) is 3.73. The van der Waals surface area contributed by atoms with Crippen molar-refractivity contribution >= 4 is 5.91 Å². The number of hydrogen-bond donors (Lipinski definition) is 2. The van der Waals surface area contributed by atoms with E-state index in [4.69, 9.17) is 0 Å². The second kappa shape index (κ2) is 6.81. The van der Waals surface area contributed by atoms with Crippen molar-refractivity contribution in [3.63, 3.8) is 0 Å². The van der Waals surface area contributed by atoms with E-state index >= 15 is 0 Å².